The Kier molecular flexibility index (Phi) is 14.9. The monoisotopic (exact) mass is 1070 g/mol. The molecule has 0 radical (unpaired) electrons. The van der Waals surface area contributed by atoms with Crippen LogP contribution in [0.2, 0.25) is 18.1 Å². The lowest BCUT2D eigenvalue weighted by Gasteiger charge is -2.40. The van der Waals surface area contributed by atoms with E-state index in [-0.39, 0.29) is 35.8 Å². The second-order valence-electron chi connectivity index (χ2n) is 20.4. The molecular formula is C51H61FN10O11SSi. The number of carbonyl (C=O) groups excluding carboxylic acids is 1. The van der Waals surface area contributed by atoms with E-state index in [1.165, 1.54) is 34.3 Å². The van der Waals surface area contributed by atoms with Crippen molar-refractivity contribution in [2.75, 3.05) is 32.7 Å². The first-order valence-electron chi connectivity index (χ1n) is 24.4. The number of aromatic amines is 1. The molecule has 75 heavy (non-hydrogen) atoms. The molecule has 0 aliphatic carbocycles. The van der Waals surface area contributed by atoms with Gasteiger partial charge < -0.3 is 28.1 Å². The molecule has 7 atom stereocenters. The summed E-state index contributed by atoms with van der Waals surface area (Å²) in [6, 6.07) is 23.0. The lowest BCUT2D eigenvalue weighted by atomic mass is 9.80. The van der Waals surface area contributed by atoms with Gasteiger partial charge >= 0.3 is 10.3 Å². The summed E-state index contributed by atoms with van der Waals surface area (Å²) in [5.41, 5.74) is 0.553. The van der Waals surface area contributed by atoms with Crippen molar-refractivity contribution in [3.63, 3.8) is 0 Å². The Hall–Kier alpha value is -6.51. The molecule has 24 heteroatoms. The molecule has 4 aromatic heterocycles. The standard InChI is InChI=1S/C51H61FN10O11SSi/c1-30(2)45(63)58-49-57-44-41(46(64)59-49)56-29-61(44)47-38(23-36(71-47)26-70-51(31-13-11-10-12-14-31,32-15-19-34(68-6)20-16-32)33-17-21-35(69-7)22-18-33)62(74(65,66)67)25-39-42(73-75(8,9)50(3,4)5)40(52)48(72-39)60-28-55-37-24-53-27-54-43(37)60/h10-22,24,27-30,36,38-40,42,47-48H,23,25-26H2,1-9H3,(H,65,66,67)(H2,57,58,59,63,64)/t36-,38+,39+,40+,42+,47+,48+/m0/s1. The van der Waals surface area contributed by atoms with E-state index in [9.17, 15) is 22.6 Å². The summed E-state index contributed by atoms with van der Waals surface area (Å²) in [4.78, 5) is 50.6. The Bertz CT molecular complexity index is 3270. The number of alkyl halides is 1. The van der Waals surface area contributed by atoms with Crippen LogP contribution in [0, 0.1) is 5.92 Å². The van der Waals surface area contributed by atoms with Crippen LogP contribution >= 0.6 is 0 Å². The molecule has 0 saturated carbocycles. The third-order valence-electron chi connectivity index (χ3n) is 14.3. The van der Waals surface area contributed by atoms with E-state index >= 15 is 4.39 Å². The summed E-state index contributed by atoms with van der Waals surface area (Å²) in [5.74, 6) is 0.114. The normalized spacial score (nSPS) is 21.6. The highest BCUT2D eigenvalue weighted by Crippen LogP contribution is 2.46. The first-order chi connectivity index (χ1) is 35.6. The van der Waals surface area contributed by atoms with Crippen LogP contribution in [-0.4, -0.2) is 128 Å². The number of nitrogens with one attached hydrogen (secondary N) is 2. The minimum atomic E-state index is -5.26. The van der Waals surface area contributed by atoms with Gasteiger partial charge in [0.25, 0.3) is 5.56 Å². The van der Waals surface area contributed by atoms with Crippen molar-refractivity contribution in [1.82, 2.24) is 43.3 Å². The smallest absolute Gasteiger partial charge is 0.336 e. The number of methoxy groups -OCH3 is 2. The molecule has 9 rings (SSSR count). The fourth-order valence-electron chi connectivity index (χ4n) is 9.34. The van der Waals surface area contributed by atoms with Crippen LogP contribution in [0.15, 0.2) is 109 Å². The minimum Gasteiger partial charge on any atom is -0.497 e. The predicted octanol–water partition coefficient (Wildman–Crippen LogP) is 6.97. The van der Waals surface area contributed by atoms with E-state index in [2.05, 4.69) is 35.2 Å². The molecule has 21 nitrogen and oxygen atoms in total. The molecule has 0 spiro atoms. The van der Waals surface area contributed by atoms with Gasteiger partial charge in [0.05, 0.1) is 51.8 Å². The zero-order chi connectivity index (χ0) is 53.6. The van der Waals surface area contributed by atoms with Crippen LogP contribution in [0.3, 0.4) is 0 Å². The summed E-state index contributed by atoms with van der Waals surface area (Å²) in [5, 5.41) is 2.19. The number of amides is 1. The number of hydrogen-bond acceptors (Lipinski definition) is 15. The van der Waals surface area contributed by atoms with Crippen molar-refractivity contribution >= 4 is 52.8 Å². The summed E-state index contributed by atoms with van der Waals surface area (Å²) in [6.07, 6.45) is -3.07. The Morgan fingerprint density at radius 2 is 1.52 bits per heavy atom. The molecule has 7 aromatic rings. The molecule has 6 heterocycles. The average Bonchev–Trinajstić information content (AvgIpc) is 4.19. The number of fused-ring (bicyclic) bond motifs is 2. The number of anilines is 1. The SMILES string of the molecule is COc1ccc(C(OC[C@@H]2C[C@@H](N(C[C@H]3O[C@@H](n4cnc5cncnc54)[C@H](F)[C@@H]3O[Si](C)(C)C(C)(C)C)S(=O)(=O)O)[C@H](n3cnc4c(=O)[nH]c(NC(=O)C(C)C)nc43)O2)(c2ccccc2)c2ccc(OC)cc2)cc1. The lowest BCUT2D eigenvalue weighted by Crippen LogP contribution is -2.53. The molecule has 0 bridgehead atoms. The van der Waals surface area contributed by atoms with E-state index < -0.39 is 96.2 Å². The van der Waals surface area contributed by atoms with Crippen LogP contribution in [0.1, 0.15) is 70.2 Å². The van der Waals surface area contributed by atoms with Gasteiger partial charge in [-0.1, -0.05) is 89.2 Å². The largest absolute Gasteiger partial charge is 0.497 e. The first-order valence-corrected chi connectivity index (χ1v) is 28.7. The van der Waals surface area contributed by atoms with Crippen molar-refractivity contribution in [2.45, 2.75) is 108 Å². The number of nitrogens with zero attached hydrogens (tertiary/aromatic N) is 8. The van der Waals surface area contributed by atoms with Gasteiger partial charge in [-0.2, -0.15) is 17.7 Å². The third-order valence-corrected chi connectivity index (χ3v) is 19.8. The van der Waals surface area contributed by atoms with Gasteiger partial charge in [0.2, 0.25) is 11.9 Å². The maximum Gasteiger partial charge on any atom is 0.336 e. The van der Waals surface area contributed by atoms with Gasteiger partial charge in [-0.25, -0.2) is 24.3 Å². The number of imidazole rings is 2. The number of halogens is 1. The molecular weight excluding hydrogens is 1010 g/mol. The van der Waals surface area contributed by atoms with E-state index in [1.807, 2.05) is 113 Å². The number of H-pyrrole nitrogens is 1. The van der Waals surface area contributed by atoms with Gasteiger partial charge in [-0.15, -0.1) is 0 Å². The van der Waals surface area contributed by atoms with E-state index in [0.29, 0.717) is 28.1 Å². The summed E-state index contributed by atoms with van der Waals surface area (Å²) >= 11 is 0. The van der Waals surface area contributed by atoms with Crippen molar-refractivity contribution in [2.24, 2.45) is 5.92 Å². The van der Waals surface area contributed by atoms with Crippen molar-refractivity contribution < 1.29 is 50.3 Å². The molecule has 3 N–H and O–H groups in total. The maximum atomic E-state index is 17.4. The second kappa shape index (κ2) is 20.9. The van der Waals surface area contributed by atoms with Gasteiger partial charge in [-0.05, 0) is 65.5 Å². The average molecular weight is 1070 g/mol. The van der Waals surface area contributed by atoms with E-state index in [1.54, 1.807) is 28.1 Å². The van der Waals surface area contributed by atoms with E-state index in [0.717, 1.165) is 9.87 Å². The zero-order valence-electron chi connectivity index (χ0n) is 42.9. The summed E-state index contributed by atoms with van der Waals surface area (Å²) < 4.78 is 99.4. The van der Waals surface area contributed by atoms with Gasteiger partial charge in [-0.3, -0.25) is 33.6 Å². The second-order valence-corrected chi connectivity index (χ2v) is 26.6. The highest BCUT2D eigenvalue weighted by molar-refractivity contribution is 7.83. The Morgan fingerprint density at radius 3 is 2.12 bits per heavy atom. The molecule has 398 valence electrons. The van der Waals surface area contributed by atoms with Gasteiger partial charge in [0, 0.05) is 12.5 Å². The van der Waals surface area contributed by atoms with Crippen LogP contribution in [0.5, 0.6) is 11.5 Å². The summed E-state index contributed by atoms with van der Waals surface area (Å²) in [7, 11) is -4.96. The molecule has 1 amide bonds. The topological polar surface area (TPSA) is 249 Å². The number of benzene rings is 3. The number of ether oxygens (including phenoxy) is 5. The minimum absolute atomic E-state index is 0.0751. The molecule has 2 saturated heterocycles. The van der Waals surface area contributed by atoms with Crippen molar-refractivity contribution in [3.05, 3.63) is 131 Å². The maximum absolute atomic E-state index is 17.4. The number of carbonyl (C=O) groups is 1. The molecule has 2 aliphatic heterocycles. The number of hydrogen-bond donors (Lipinski definition) is 3. The third kappa shape index (κ3) is 10.4. The molecule has 3 aromatic carbocycles. The Balaban J connectivity index is 1.15. The van der Waals surface area contributed by atoms with Crippen LogP contribution < -0.4 is 20.3 Å². The van der Waals surface area contributed by atoms with Crippen molar-refractivity contribution in [1.29, 1.82) is 0 Å². The fourth-order valence-corrected chi connectivity index (χ4v) is 11.5. The van der Waals surface area contributed by atoms with Crippen LogP contribution in [0.25, 0.3) is 22.3 Å². The summed E-state index contributed by atoms with van der Waals surface area (Å²) in [6.45, 7) is 12.4. The van der Waals surface area contributed by atoms with Gasteiger partial charge in [0.15, 0.2) is 43.8 Å². The first kappa shape index (κ1) is 53.3. The predicted molar refractivity (Wildman–Crippen MR) is 277 cm³/mol. The quantitative estimate of drug-likeness (QED) is 0.0446. The van der Waals surface area contributed by atoms with E-state index in [4.69, 9.17) is 28.1 Å². The zero-order valence-corrected chi connectivity index (χ0v) is 44.8. The highest BCUT2D eigenvalue weighted by atomic mass is 32.2. The number of aromatic nitrogens is 8. The number of rotatable bonds is 18. The van der Waals surface area contributed by atoms with Crippen LogP contribution in [-0.2, 0) is 39.3 Å². The lowest BCUT2D eigenvalue weighted by molar-refractivity contribution is -0.118. The fraction of sp³-hybridized carbons (Fsp3) is 0.431. The molecule has 2 fully saturated rings. The van der Waals surface area contributed by atoms with Gasteiger partial charge in [0.1, 0.15) is 41.2 Å². The Morgan fingerprint density at radius 1 is 0.907 bits per heavy atom. The van der Waals surface area contributed by atoms with Crippen molar-refractivity contribution in [3.8, 4) is 11.5 Å². The van der Waals surface area contributed by atoms with Crippen LogP contribution in [0.4, 0.5) is 10.3 Å². The molecule has 0 unspecified atom stereocenters. The Labute approximate surface area is 433 Å². The highest BCUT2D eigenvalue weighted by Gasteiger charge is 2.55. The molecule has 2 aliphatic rings.